The van der Waals surface area contributed by atoms with Gasteiger partial charge in [-0.05, 0) is 18.9 Å². The predicted octanol–water partition coefficient (Wildman–Crippen LogP) is 3.85. The van der Waals surface area contributed by atoms with Crippen molar-refractivity contribution < 1.29 is 5.11 Å². The standard InChI is InChI=1S/C9H16Cl2O/c10-7-4-2-1-3-5-9(11)6-8-12/h6,8-9,12H,1-5,7H2. The lowest BCUT2D eigenvalue weighted by Crippen LogP contribution is -1.93. The quantitative estimate of drug-likeness (QED) is 0.385. The number of halogens is 2. The molecule has 3 heteroatoms. The SMILES string of the molecule is OC=CC(Cl)CCCCCCCl. The number of hydrogen-bond acceptors (Lipinski definition) is 1. The lowest BCUT2D eigenvalue weighted by atomic mass is 10.1. The van der Waals surface area contributed by atoms with Gasteiger partial charge in [0.25, 0.3) is 0 Å². The van der Waals surface area contributed by atoms with E-state index >= 15 is 0 Å². The molecule has 0 amide bonds. The lowest BCUT2D eigenvalue weighted by Gasteiger charge is -2.02. The largest absolute Gasteiger partial charge is 0.516 e. The second kappa shape index (κ2) is 9.21. The van der Waals surface area contributed by atoms with Crippen molar-refractivity contribution in [3.63, 3.8) is 0 Å². The van der Waals surface area contributed by atoms with E-state index in [-0.39, 0.29) is 5.38 Å². The molecule has 1 nitrogen and oxygen atoms in total. The first kappa shape index (κ1) is 12.1. The number of rotatable bonds is 7. The fraction of sp³-hybridized carbons (Fsp3) is 0.778. The summed E-state index contributed by atoms with van der Waals surface area (Å²) in [6.07, 6.45) is 8.09. The van der Waals surface area contributed by atoms with Gasteiger partial charge in [0.05, 0.1) is 11.6 Å². The molecule has 0 aromatic rings. The zero-order valence-corrected chi connectivity index (χ0v) is 8.69. The summed E-state index contributed by atoms with van der Waals surface area (Å²) in [6, 6.07) is 0. The first-order valence-electron chi connectivity index (χ1n) is 4.32. The topological polar surface area (TPSA) is 20.2 Å². The van der Waals surface area contributed by atoms with Crippen LogP contribution >= 0.6 is 23.2 Å². The van der Waals surface area contributed by atoms with Crippen LogP contribution in [0.1, 0.15) is 32.1 Å². The van der Waals surface area contributed by atoms with E-state index in [0.29, 0.717) is 0 Å². The van der Waals surface area contributed by atoms with Gasteiger partial charge in [0.1, 0.15) is 0 Å². The van der Waals surface area contributed by atoms with E-state index < -0.39 is 0 Å². The average molecular weight is 211 g/mol. The summed E-state index contributed by atoms with van der Waals surface area (Å²) in [7, 11) is 0. The minimum absolute atomic E-state index is 0.0222. The van der Waals surface area contributed by atoms with Crippen LogP contribution in [0, 0.1) is 0 Å². The number of aliphatic hydroxyl groups is 1. The third-order valence-corrected chi connectivity index (χ3v) is 2.29. The second-order valence-corrected chi connectivity index (χ2v) is 3.69. The summed E-state index contributed by atoms with van der Waals surface area (Å²) in [5.41, 5.74) is 0. The molecule has 1 unspecified atom stereocenters. The minimum atomic E-state index is -0.0222. The molecule has 0 saturated carbocycles. The monoisotopic (exact) mass is 210 g/mol. The summed E-state index contributed by atoms with van der Waals surface area (Å²) in [5.74, 6) is 0.751. The van der Waals surface area contributed by atoms with Gasteiger partial charge in [-0.15, -0.1) is 23.2 Å². The maximum Gasteiger partial charge on any atom is 0.0766 e. The van der Waals surface area contributed by atoms with Gasteiger partial charge in [0, 0.05) is 5.88 Å². The molecule has 0 spiro atoms. The molecule has 72 valence electrons. The van der Waals surface area contributed by atoms with Crippen molar-refractivity contribution in [1.29, 1.82) is 0 Å². The number of aliphatic hydroxyl groups excluding tert-OH is 1. The molecule has 0 heterocycles. The van der Waals surface area contributed by atoms with Gasteiger partial charge >= 0.3 is 0 Å². The van der Waals surface area contributed by atoms with Gasteiger partial charge in [-0.2, -0.15) is 0 Å². The molecule has 0 aromatic heterocycles. The molecule has 0 fully saturated rings. The van der Waals surface area contributed by atoms with E-state index in [9.17, 15) is 0 Å². The summed E-state index contributed by atoms with van der Waals surface area (Å²) in [4.78, 5) is 0. The molecule has 12 heavy (non-hydrogen) atoms. The molecule has 1 atom stereocenters. The minimum Gasteiger partial charge on any atom is -0.516 e. The lowest BCUT2D eigenvalue weighted by molar-refractivity contribution is 0.470. The van der Waals surface area contributed by atoms with Crippen molar-refractivity contribution in [2.75, 3.05) is 5.88 Å². The maximum atomic E-state index is 8.39. The van der Waals surface area contributed by atoms with Crippen molar-refractivity contribution in [2.24, 2.45) is 0 Å². The van der Waals surface area contributed by atoms with Gasteiger partial charge in [0.2, 0.25) is 0 Å². The van der Waals surface area contributed by atoms with Gasteiger partial charge in [-0.25, -0.2) is 0 Å². The molecule has 0 aliphatic rings. The van der Waals surface area contributed by atoms with E-state index in [4.69, 9.17) is 28.3 Å². The van der Waals surface area contributed by atoms with Crippen molar-refractivity contribution >= 4 is 23.2 Å². The molecule has 0 radical (unpaired) electrons. The van der Waals surface area contributed by atoms with Crippen LogP contribution in [-0.4, -0.2) is 16.4 Å². The summed E-state index contributed by atoms with van der Waals surface area (Å²) < 4.78 is 0. The molecular formula is C9H16Cl2O. The Morgan fingerprint density at radius 1 is 1.17 bits per heavy atom. The molecule has 0 rings (SSSR count). The molecule has 0 saturated heterocycles. The molecule has 0 bridgehead atoms. The Hall–Kier alpha value is 0.120. The van der Waals surface area contributed by atoms with E-state index in [1.54, 1.807) is 6.08 Å². The van der Waals surface area contributed by atoms with E-state index in [1.165, 1.54) is 12.8 Å². The third-order valence-electron chi connectivity index (χ3n) is 1.66. The predicted molar refractivity (Wildman–Crippen MR) is 55.2 cm³/mol. The van der Waals surface area contributed by atoms with Crippen LogP contribution in [0.15, 0.2) is 12.3 Å². The molecule has 1 N–H and O–H groups in total. The highest BCUT2D eigenvalue weighted by Gasteiger charge is 1.98. The highest BCUT2D eigenvalue weighted by Crippen LogP contribution is 2.11. The Morgan fingerprint density at radius 2 is 1.83 bits per heavy atom. The highest BCUT2D eigenvalue weighted by molar-refractivity contribution is 6.21. The Balaban J connectivity index is 3.08. The number of unbranched alkanes of at least 4 members (excludes halogenated alkanes) is 3. The molecule has 0 aliphatic heterocycles. The van der Waals surface area contributed by atoms with Gasteiger partial charge in [-0.1, -0.05) is 19.3 Å². The maximum absolute atomic E-state index is 8.39. The zero-order chi connectivity index (χ0) is 9.23. The van der Waals surface area contributed by atoms with E-state index in [1.807, 2.05) is 0 Å². The van der Waals surface area contributed by atoms with E-state index in [0.717, 1.165) is 31.4 Å². The van der Waals surface area contributed by atoms with Crippen LogP contribution in [-0.2, 0) is 0 Å². The number of alkyl halides is 2. The van der Waals surface area contributed by atoms with Gasteiger partial charge in [-0.3, -0.25) is 0 Å². The molecule has 0 aromatic carbocycles. The first-order valence-corrected chi connectivity index (χ1v) is 5.29. The van der Waals surface area contributed by atoms with Crippen molar-refractivity contribution in [1.82, 2.24) is 0 Å². The Morgan fingerprint density at radius 3 is 2.42 bits per heavy atom. The van der Waals surface area contributed by atoms with Crippen molar-refractivity contribution in [3.05, 3.63) is 12.3 Å². The van der Waals surface area contributed by atoms with Gasteiger partial charge < -0.3 is 5.11 Å². The number of allylic oxidation sites excluding steroid dienone is 1. The van der Waals surface area contributed by atoms with E-state index in [2.05, 4.69) is 0 Å². The third kappa shape index (κ3) is 8.22. The molecule has 0 aliphatic carbocycles. The normalized spacial score (nSPS) is 13.8. The van der Waals surface area contributed by atoms with Crippen LogP contribution in [0.25, 0.3) is 0 Å². The fourth-order valence-corrected chi connectivity index (χ4v) is 1.39. The van der Waals surface area contributed by atoms with Crippen LogP contribution in [0.3, 0.4) is 0 Å². The smallest absolute Gasteiger partial charge is 0.0766 e. The zero-order valence-electron chi connectivity index (χ0n) is 7.18. The van der Waals surface area contributed by atoms with Crippen molar-refractivity contribution in [3.8, 4) is 0 Å². The Bertz CT molecular complexity index is 115. The van der Waals surface area contributed by atoms with Crippen LogP contribution in [0.5, 0.6) is 0 Å². The highest BCUT2D eigenvalue weighted by atomic mass is 35.5. The average Bonchev–Trinajstić information content (AvgIpc) is 2.05. The second-order valence-electron chi connectivity index (χ2n) is 2.75. The van der Waals surface area contributed by atoms with Gasteiger partial charge in [0.15, 0.2) is 0 Å². The van der Waals surface area contributed by atoms with Crippen LogP contribution < -0.4 is 0 Å². The summed E-state index contributed by atoms with van der Waals surface area (Å²) in [5, 5.41) is 8.37. The van der Waals surface area contributed by atoms with Crippen molar-refractivity contribution in [2.45, 2.75) is 37.5 Å². The summed E-state index contributed by atoms with van der Waals surface area (Å²) >= 11 is 11.3. The Labute approximate surface area is 84.4 Å². The van der Waals surface area contributed by atoms with Crippen LogP contribution in [0.4, 0.5) is 0 Å². The fourth-order valence-electron chi connectivity index (χ4n) is 0.977. The number of hydrogen-bond donors (Lipinski definition) is 1. The summed E-state index contributed by atoms with van der Waals surface area (Å²) in [6.45, 7) is 0. The van der Waals surface area contributed by atoms with Crippen LogP contribution in [0.2, 0.25) is 0 Å². The molecular weight excluding hydrogens is 195 g/mol. The Kier molecular flexibility index (Phi) is 9.30. The first-order chi connectivity index (χ1) is 5.81.